The Morgan fingerprint density at radius 3 is 2.29 bits per heavy atom. The summed E-state index contributed by atoms with van der Waals surface area (Å²) >= 11 is 0. The van der Waals surface area contributed by atoms with Crippen molar-refractivity contribution in [1.29, 1.82) is 0 Å². The minimum Gasteiger partial charge on any atom is -0.394 e. The molecule has 1 heterocycles. The van der Waals surface area contributed by atoms with Crippen LogP contribution < -0.4 is 0 Å². The van der Waals surface area contributed by atoms with Crippen molar-refractivity contribution in [3.8, 4) is 0 Å². The molecule has 1 saturated heterocycles. The van der Waals surface area contributed by atoms with E-state index >= 15 is 0 Å². The molecule has 1 aliphatic rings. The van der Waals surface area contributed by atoms with Gasteiger partial charge in [-0.25, -0.2) is 0 Å². The van der Waals surface area contributed by atoms with Gasteiger partial charge in [0.2, 0.25) is 0 Å². The van der Waals surface area contributed by atoms with Crippen LogP contribution >= 0.6 is 0 Å². The monoisotopic (exact) mass is 208 g/mol. The van der Waals surface area contributed by atoms with Crippen molar-refractivity contribution < 1.29 is 29.9 Å². The van der Waals surface area contributed by atoms with Gasteiger partial charge in [0.15, 0.2) is 6.29 Å². The molecule has 0 aromatic carbocycles. The van der Waals surface area contributed by atoms with Gasteiger partial charge in [0.05, 0.1) is 6.61 Å². The second-order valence-electron chi connectivity index (χ2n) is 3.15. The van der Waals surface area contributed by atoms with Gasteiger partial charge in [0.25, 0.3) is 0 Å². The molecular formula is C8H16O6. The Labute approximate surface area is 81.7 Å². The lowest BCUT2D eigenvalue weighted by Gasteiger charge is -2.39. The van der Waals surface area contributed by atoms with Crippen molar-refractivity contribution >= 4 is 0 Å². The summed E-state index contributed by atoms with van der Waals surface area (Å²) in [6, 6.07) is 0. The Kier molecular flexibility index (Phi) is 4.24. The van der Waals surface area contributed by atoms with Gasteiger partial charge in [-0.2, -0.15) is 0 Å². The largest absolute Gasteiger partial charge is 0.394 e. The molecule has 14 heavy (non-hydrogen) atoms. The minimum atomic E-state index is -1.36. The van der Waals surface area contributed by atoms with E-state index in [0.717, 1.165) is 0 Å². The highest BCUT2D eigenvalue weighted by Gasteiger charge is 2.43. The zero-order valence-corrected chi connectivity index (χ0v) is 7.91. The van der Waals surface area contributed by atoms with Crippen molar-refractivity contribution in [3.05, 3.63) is 0 Å². The van der Waals surface area contributed by atoms with E-state index in [1.54, 1.807) is 6.92 Å². The minimum absolute atomic E-state index is 0.308. The Hall–Kier alpha value is -0.240. The van der Waals surface area contributed by atoms with E-state index in [9.17, 15) is 15.3 Å². The molecule has 1 fully saturated rings. The maximum atomic E-state index is 9.41. The molecule has 0 aromatic heterocycles. The van der Waals surface area contributed by atoms with E-state index < -0.39 is 37.3 Å². The second kappa shape index (κ2) is 5.01. The molecular weight excluding hydrogens is 192 g/mol. The van der Waals surface area contributed by atoms with Gasteiger partial charge >= 0.3 is 0 Å². The predicted octanol–water partition coefficient (Wildman–Crippen LogP) is -2.18. The molecule has 0 bridgehead atoms. The first-order chi connectivity index (χ1) is 6.61. The van der Waals surface area contributed by atoms with Crippen LogP contribution in [0, 0.1) is 0 Å². The van der Waals surface area contributed by atoms with Crippen LogP contribution in [-0.4, -0.2) is 64.3 Å². The lowest BCUT2D eigenvalue weighted by atomic mass is 9.99. The van der Waals surface area contributed by atoms with Crippen molar-refractivity contribution in [3.63, 3.8) is 0 Å². The molecule has 0 aromatic rings. The average Bonchev–Trinajstić information content (AvgIpc) is 2.19. The lowest BCUT2D eigenvalue weighted by molar-refractivity contribution is -0.300. The third kappa shape index (κ3) is 2.22. The first kappa shape index (κ1) is 11.8. The number of aliphatic hydroxyl groups is 4. The van der Waals surface area contributed by atoms with Crippen LogP contribution in [0.5, 0.6) is 0 Å². The third-order valence-corrected chi connectivity index (χ3v) is 2.18. The highest BCUT2D eigenvalue weighted by Crippen LogP contribution is 2.21. The summed E-state index contributed by atoms with van der Waals surface area (Å²) in [6.07, 6.45) is -5.89. The maximum absolute atomic E-state index is 9.41. The van der Waals surface area contributed by atoms with Gasteiger partial charge in [-0.1, -0.05) is 0 Å². The summed E-state index contributed by atoms with van der Waals surface area (Å²) in [4.78, 5) is 0. The Bertz CT molecular complexity index is 171. The van der Waals surface area contributed by atoms with Crippen LogP contribution in [0.1, 0.15) is 6.92 Å². The number of hydrogen-bond acceptors (Lipinski definition) is 6. The highest BCUT2D eigenvalue weighted by atomic mass is 16.7. The fraction of sp³-hybridized carbons (Fsp3) is 1.00. The fourth-order valence-electron chi connectivity index (χ4n) is 1.37. The van der Waals surface area contributed by atoms with E-state index in [1.807, 2.05) is 0 Å². The molecule has 0 radical (unpaired) electrons. The molecule has 0 amide bonds. The zero-order chi connectivity index (χ0) is 10.7. The average molecular weight is 208 g/mol. The highest BCUT2D eigenvalue weighted by molar-refractivity contribution is 4.88. The Morgan fingerprint density at radius 1 is 1.14 bits per heavy atom. The van der Waals surface area contributed by atoms with Gasteiger partial charge in [0.1, 0.15) is 24.4 Å². The normalized spacial score (nSPS) is 43.9. The van der Waals surface area contributed by atoms with E-state index in [-0.39, 0.29) is 0 Å². The van der Waals surface area contributed by atoms with Gasteiger partial charge in [-0.3, -0.25) is 0 Å². The van der Waals surface area contributed by atoms with Crippen molar-refractivity contribution in [2.24, 2.45) is 0 Å². The topological polar surface area (TPSA) is 99.4 Å². The second-order valence-corrected chi connectivity index (χ2v) is 3.15. The summed E-state index contributed by atoms with van der Waals surface area (Å²) in [7, 11) is 0. The number of ether oxygens (including phenoxy) is 2. The van der Waals surface area contributed by atoms with Crippen LogP contribution in [0.3, 0.4) is 0 Å². The van der Waals surface area contributed by atoms with Crippen molar-refractivity contribution in [1.82, 2.24) is 0 Å². The summed E-state index contributed by atoms with van der Waals surface area (Å²) < 4.78 is 10.0. The van der Waals surface area contributed by atoms with Crippen LogP contribution in [0.4, 0.5) is 0 Å². The van der Waals surface area contributed by atoms with Crippen molar-refractivity contribution in [2.45, 2.75) is 37.6 Å². The van der Waals surface area contributed by atoms with E-state index in [1.165, 1.54) is 0 Å². The predicted molar refractivity (Wildman–Crippen MR) is 45.4 cm³/mol. The van der Waals surface area contributed by atoms with Gasteiger partial charge in [-0.15, -0.1) is 0 Å². The number of aliphatic hydroxyl groups excluding tert-OH is 4. The quantitative estimate of drug-likeness (QED) is 0.421. The van der Waals surface area contributed by atoms with E-state index in [0.29, 0.717) is 6.61 Å². The van der Waals surface area contributed by atoms with Crippen LogP contribution in [0.2, 0.25) is 0 Å². The van der Waals surface area contributed by atoms with Crippen LogP contribution in [0.15, 0.2) is 0 Å². The molecule has 84 valence electrons. The number of rotatable bonds is 3. The molecule has 1 aliphatic heterocycles. The molecule has 6 nitrogen and oxygen atoms in total. The Morgan fingerprint density at radius 2 is 1.79 bits per heavy atom. The zero-order valence-electron chi connectivity index (χ0n) is 7.91. The molecule has 0 spiro atoms. The van der Waals surface area contributed by atoms with Gasteiger partial charge in [-0.05, 0) is 6.92 Å². The summed E-state index contributed by atoms with van der Waals surface area (Å²) in [6.45, 7) is 1.58. The lowest BCUT2D eigenvalue weighted by Crippen LogP contribution is -2.59. The summed E-state index contributed by atoms with van der Waals surface area (Å²) in [5.74, 6) is 0. The van der Waals surface area contributed by atoms with E-state index in [4.69, 9.17) is 14.6 Å². The standard InChI is InChI=1S/C8H16O6/c1-2-13-8-7(12)6(11)5(10)4(3-9)14-8/h4-12H,2-3H2,1H3/t4?,5-,6+,7?,8?/m1/s1. The Balaban J connectivity index is 2.63. The maximum Gasteiger partial charge on any atom is 0.186 e. The molecule has 6 heteroatoms. The first-order valence-corrected chi connectivity index (χ1v) is 4.54. The van der Waals surface area contributed by atoms with Crippen molar-refractivity contribution in [2.75, 3.05) is 13.2 Å². The smallest absolute Gasteiger partial charge is 0.186 e. The van der Waals surface area contributed by atoms with Gasteiger partial charge in [0, 0.05) is 6.61 Å². The molecule has 0 aliphatic carbocycles. The van der Waals surface area contributed by atoms with Gasteiger partial charge < -0.3 is 29.9 Å². The van der Waals surface area contributed by atoms with E-state index in [2.05, 4.69) is 0 Å². The first-order valence-electron chi connectivity index (χ1n) is 4.54. The molecule has 3 unspecified atom stereocenters. The summed E-state index contributed by atoms with van der Waals surface area (Å²) in [5.41, 5.74) is 0. The molecule has 5 atom stereocenters. The molecule has 1 rings (SSSR count). The molecule has 4 N–H and O–H groups in total. The number of hydrogen-bond donors (Lipinski definition) is 4. The SMILES string of the molecule is CCOC1OC(CO)[C@@H](O)[C@H](O)C1O. The van der Waals surface area contributed by atoms with Crippen LogP contribution in [-0.2, 0) is 9.47 Å². The van der Waals surface area contributed by atoms with Crippen LogP contribution in [0.25, 0.3) is 0 Å². The summed E-state index contributed by atoms with van der Waals surface area (Å²) in [5, 5.41) is 36.9. The molecule has 0 saturated carbocycles. The third-order valence-electron chi connectivity index (χ3n) is 2.18. The fourth-order valence-corrected chi connectivity index (χ4v) is 1.37.